The van der Waals surface area contributed by atoms with E-state index in [-0.39, 0.29) is 24.2 Å². The molecule has 4 aromatic rings. The number of nitriles is 1. The van der Waals surface area contributed by atoms with Crippen molar-refractivity contribution in [3.8, 4) is 6.07 Å². The van der Waals surface area contributed by atoms with Crippen LogP contribution in [0.25, 0.3) is 21.9 Å². The van der Waals surface area contributed by atoms with Gasteiger partial charge in [-0.2, -0.15) is 5.26 Å². The number of fused-ring (bicyclic) bond motifs is 3. The number of hydrogen-bond donors (Lipinski definition) is 0. The van der Waals surface area contributed by atoms with Gasteiger partial charge in [-0.1, -0.05) is 6.07 Å². The topological polar surface area (TPSA) is 96.9 Å². The second kappa shape index (κ2) is 7.89. The molecule has 3 atom stereocenters. The fourth-order valence-corrected chi connectivity index (χ4v) is 5.06. The van der Waals surface area contributed by atoms with Gasteiger partial charge in [-0.15, -0.1) is 0 Å². The highest BCUT2D eigenvalue weighted by atomic mass is 16.5. The first-order valence-electron chi connectivity index (χ1n) is 11.6. The summed E-state index contributed by atoms with van der Waals surface area (Å²) >= 11 is 0. The zero-order chi connectivity index (χ0) is 23.4. The number of carbonyl (C=O) groups excluding carboxylic acids is 1. The molecule has 0 saturated carbocycles. The van der Waals surface area contributed by atoms with Gasteiger partial charge < -0.3 is 9.64 Å². The van der Waals surface area contributed by atoms with Crippen LogP contribution in [-0.2, 0) is 16.1 Å². The van der Waals surface area contributed by atoms with E-state index in [0.29, 0.717) is 25.1 Å². The van der Waals surface area contributed by atoms with Crippen LogP contribution >= 0.6 is 0 Å². The van der Waals surface area contributed by atoms with Crippen molar-refractivity contribution in [3.05, 3.63) is 65.4 Å². The molecule has 2 fully saturated rings. The molecule has 1 unspecified atom stereocenters. The molecule has 0 bridgehead atoms. The molecule has 1 aromatic carbocycles. The largest absolute Gasteiger partial charge is 0.355 e. The van der Waals surface area contributed by atoms with Crippen molar-refractivity contribution in [3.63, 3.8) is 0 Å². The summed E-state index contributed by atoms with van der Waals surface area (Å²) in [4.78, 5) is 28.7. The molecule has 170 valence electrons. The lowest BCUT2D eigenvalue weighted by molar-refractivity contribution is -0.155. The lowest BCUT2D eigenvalue weighted by Gasteiger charge is -2.36. The van der Waals surface area contributed by atoms with Gasteiger partial charge in [0.2, 0.25) is 5.91 Å². The maximum absolute atomic E-state index is 12.9. The fraction of sp³-hybridized carbons (Fsp3) is 0.346. The third kappa shape index (κ3) is 3.40. The van der Waals surface area contributed by atoms with Gasteiger partial charge in [0.25, 0.3) is 0 Å². The first-order valence-corrected chi connectivity index (χ1v) is 11.6. The molecule has 8 nitrogen and oxygen atoms in total. The quantitative estimate of drug-likeness (QED) is 0.465. The SMILES string of the molecule is Cc1ccc(CN2CC(c3nc4cnc5ccc(C#N)cc5c4n3[C@H]3C[C@@H](C)O3)CC2=O)cn1. The molecule has 1 amide bonds. The highest BCUT2D eigenvalue weighted by Gasteiger charge is 2.38. The van der Waals surface area contributed by atoms with E-state index in [9.17, 15) is 10.1 Å². The molecule has 3 aromatic heterocycles. The Hall–Kier alpha value is -3.83. The zero-order valence-electron chi connectivity index (χ0n) is 19.1. The maximum Gasteiger partial charge on any atom is 0.223 e. The lowest BCUT2D eigenvalue weighted by atomic mass is 10.1. The standard InChI is InChI=1S/C26H24N6O2/c1-15-3-4-18(11-28-15)13-31-14-19(9-23(31)33)26-30-22-12-29-21-6-5-17(10-27)8-20(21)25(22)32(26)24-7-16(2)34-24/h3-6,8,11-12,16,19,24H,7,9,13-14H2,1-2H3/t16-,19?,24-/m1/s1. The Kier molecular flexibility index (Phi) is 4.82. The number of likely N-dealkylation sites (tertiary alicyclic amines) is 1. The summed E-state index contributed by atoms with van der Waals surface area (Å²) < 4.78 is 8.24. The maximum atomic E-state index is 12.9. The van der Waals surface area contributed by atoms with Gasteiger partial charge in [-0.3, -0.25) is 19.3 Å². The van der Waals surface area contributed by atoms with E-state index in [1.54, 1.807) is 12.3 Å². The average Bonchev–Trinajstić information content (AvgIpc) is 3.38. The van der Waals surface area contributed by atoms with Crippen molar-refractivity contribution in [2.24, 2.45) is 0 Å². The van der Waals surface area contributed by atoms with E-state index in [2.05, 4.69) is 27.5 Å². The molecule has 0 radical (unpaired) electrons. The summed E-state index contributed by atoms with van der Waals surface area (Å²) in [6, 6.07) is 11.7. The Morgan fingerprint density at radius 3 is 2.76 bits per heavy atom. The monoisotopic (exact) mass is 452 g/mol. The Labute approximate surface area is 196 Å². The molecule has 34 heavy (non-hydrogen) atoms. The van der Waals surface area contributed by atoms with E-state index < -0.39 is 0 Å². The van der Waals surface area contributed by atoms with Gasteiger partial charge in [0, 0.05) is 49.1 Å². The lowest BCUT2D eigenvalue weighted by Crippen LogP contribution is -2.34. The summed E-state index contributed by atoms with van der Waals surface area (Å²) in [6.45, 7) is 5.13. The van der Waals surface area contributed by atoms with Crippen molar-refractivity contribution in [1.29, 1.82) is 5.26 Å². The smallest absolute Gasteiger partial charge is 0.223 e. The number of imidazole rings is 1. The van der Waals surface area contributed by atoms with Crippen LogP contribution in [0.4, 0.5) is 0 Å². The van der Waals surface area contributed by atoms with Gasteiger partial charge in [0.1, 0.15) is 17.6 Å². The number of ether oxygens (including phenoxy) is 1. The van der Waals surface area contributed by atoms with Crippen LogP contribution in [0.15, 0.2) is 42.7 Å². The predicted molar refractivity (Wildman–Crippen MR) is 126 cm³/mol. The number of aryl methyl sites for hydroxylation is 1. The number of carbonyl (C=O) groups is 1. The second-order valence-corrected chi connectivity index (χ2v) is 9.30. The number of pyridine rings is 2. The normalized spacial score (nSPS) is 22.3. The summed E-state index contributed by atoms with van der Waals surface area (Å²) in [5.41, 5.74) is 5.04. The average molecular weight is 453 g/mol. The van der Waals surface area contributed by atoms with E-state index in [1.807, 2.05) is 42.3 Å². The van der Waals surface area contributed by atoms with Crippen molar-refractivity contribution in [1.82, 2.24) is 24.4 Å². The molecule has 6 rings (SSSR count). The number of amides is 1. The first-order chi connectivity index (χ1) is 16.5. The molecule has 2 aliphatic rings. The second-order valence-electron chi connectivity index (χ2n) is 9.30. The van der Waals surface area contributed by atoms with Crippen LogP contribution in [0.5, 0.6) is 0 Å². The predicted octanol–water partition coefficient (Wildman–Crippen LogP) is 3.98. The molecular weight excluding hydrogens is 428 g/mol. The van der Waals surface area contributed by atoms with Crippen LogP contribution in [0.1, 0.15) is 54.6 Å². The third-order valence-corrected chi connectivity index (χ3v) is 6.81. The number of benzene rings is 1. The van der Waals surface area contributed by atoms with Crippen molar-refractivity contribution >= 4 is 27.8 Å². The van der Waals surface area contributed by atoms with Gasteiger partial charge in [0.15, 0.2) is 0 Å². The van der Waals surface area contributed by atoms with Crippen LogP contribution in [-0.4, -0.2) is 43.0 Å². The first kappa shape index (κ1) is 20.8. The summed E-state index contributed by atoms with van der Waals surface area (Å²) in [5, 5.41) is 10.3. The molecule has 0 spiro atoms. The van der Waals surface area contributed by atoms with E-state index >= 15 is 0 Å². The van der Waals surface area contributed by atoms with Crippen molar-refractivity contribution in [2.45, 2.75) is 51.5 Å². The summed E-state index contributed by atoms with van der Waals surface area (Å²) in [6.07, 6.45) is 4.92. The molecule has 0 N–H and O–H groups in total. The number of hydrogen-bond acceptors (Lipinski definition) is 6. The van der Waals surface area contributed by atoms with E-state index in [1.165, 1.54) is 0 Å². The zero-order valence-corrected chi connectivity index (χ0v) is 19.1. The van der Waals surface area contributed by atoms with Gasteiger partial charge >= 0.3 is 0 Å². The molecule has 8 heteroatoms. The van der Waals surface area contributed by atoms with E-state index in [0.717, 1.165) is 45.4 Å². The number of rotatable bonds is 4. The number of nitrogens with zero attached hydrogens (tertiary/aromatic N) is 6. The molecule has 0 aliphatic carbocycles. The fourth-order valence-electron chi connectivity index (χ4n) is 5.06. The highest BCUT2D eigenvalue weighted by molar-refractivity contribution is 6.03. The third-order valence-electron chi connectivity index (χ3n) is 6.81. The Morgan fingerprint density at radius 1 is 1.18 bits per heavy atom. The minimum atomic E-state index is -0.142. The Morgan fingerprint density at radius 2 is 2.03 bits per heavy atom. The molecule has 2 saturated heterocycles. The van der Waals surface area contributed by atoms with Crippen LogP contribution in [0.2, 0.25) is 0 Å². The van der Waals surface area contributed by atoms with E-state index in [4.69, 9.17) is 9.72 Å². The van der Waals surface area contributed by atoms with Gasteiger partial charge in [-0.25, -0.2) is 4.98 Å². The van der Waals surface area contributed by atoms with Crippen molar-refractivity contribution in [2.75, 3.05) is 6.54 Å². The summed E-state index contributed by atoms with van der Waals surface area (Å²) in [7, 11) is 0. The number of aromatic nitrogens is 4. The minimum absolute atomic E-state index is 0.0491. The molecule has 5 heterocycles. The van der Waals surface area contributed by atoms with Crippen molar-refractivity contribution < 1.29 is 9.53 Å². The Balaban J connectivity index is 1.42. The summed E-state index contributed by atoms with van der Waals surface area (Å²) in [5.74, 6) is 0.912. The van der Waals surface area contributed by atoms with Crippen LogP contribution in [0, 0.1) is 18.3 Å². The molecule has 2 aliphatic heterocycles. The highest BCUT2D eigenvalue weighted by Crippen LogP contribution is 2.40. The van der Waals surface area contributed by atoms with Gasteiger partial charge in [0.05, 0.1) is 35.0 Å². The minimum Gasteiger partial charge on any atom is -0.355 e. The van der Waals surface area contributed by atoms with Gasteiger partial charge in [-0.05, 0) is 43.7 Å². The Bertz CT molecular complexity index is 1460. The molecular formula is C26H24N6O2. The van der Waals surface area contributed by atoms with Crippen LogP contribution < -0.4 is 0 Å². The van der Waals surface area contributed by atoms with Crippen LogP contribution in [0.3, 0.4) is 0 Å².